The third-order valence-electron chi connectivity index (χ3n) is 3.78. The number of para-hydroxylation sites is 1. The van der Waals surface area contributed by atoms with Crippen molar-refractivity contribution >= 4 is 28.1 Å². The number of hydrogen-bond acceptors (Lipinski definition) is 1. The van der Waals surface area contributed by atoms with Crippen LogP contribution < -0.4 is 0 Å². The standard InChI is InChI=1S/C16H19ClN2/c1-2-8-19-9-4-5-12(11-19)14-10-18-16-13(14)6-3-7-15(16)17/h3,5-7,10,18H,2,4,8-9,11H2,1H3. The maximum Gasteiger partial charge on any atom is 0.0649 e. The summed E-state index contributed by atoms with van der Waals surface area (Å²) >= 11 is 6.23. The largest absolute Gasteiger partial charge is 0.359 e. The number of aromatic nitrogens is 1. The van der Waals surface area contributed by atoms with Crippen LogP contribution in [0.1, 0.15) is 25.3 Å². The van der Waals surface area contributed by atoms with Crippen LogP contribution in [0.25, 0.3) is 16.5 Å². The van der Waals surface area contributed by atoms with Gasteiger partial charge in [-0.05, 0) is 31.0 Å². The Morgan fingerprint density at radius 1 is 1.37 bits per heavy atom. The third kappa shape index (κ3) is 2.43. The van der Waals surface area contributed by atoms with Gasteiger partial charge in [-0.2, -0.15) is 0 Å². The quantitative estimate of drug-likeness (QED) is 0.883. The first-order chi connectivity index (χ1) is 9.29. The number of aromatic amines is 1. The highest BCUT2D eigenvalue weighted by molar-refractivity contribution is 6.35. The number of nitrogens with zero attached hydrogens (tertiary/aromatic N) is 1. The Bertz CT molecular complexity index is 612. The van der Waals surface area contributed by atoms with E-state index in [1.54, 1.807) is 0 Å². The highest BCUT2D eigenvalue weighted by Gasteiger charge is 2.16. The molecular formula is C16H19ClN2. The van der Waals surface area contributed by atoms with Crippen LogP contribution in [-0.2, 0) is 0 Å². The number of H-pyrrole nitrogens is 1. The Balaban J connectivity index is 1.96. The van der Waals surface area contributed by atoms with E-state index in [1.807, 2.05) is 12.1 Å². The molecule has 0 spiro atoms. The van der Waals surface area contributed by atoms with Gasteiger partial charge in [0.05, 0.1) is 10.5 Å². The van der Waals surface area contributed by atoms with Crippen LogP contribution in [-0.4, -0.2) is 29.5 Å². The van der Waals surface area contributed by atoms with Gasteiger partial charge in [-0.15, -0.1) is 0 Å². The zero-order valence-electron chi connectivity index (χ0n) is 11.2. The van der Waals surface area contributed by atoms with E-state index >= 15 is 0 Å². The van der Waals surface area contributed by atoms with Gasteiger partial charge in [-0.25, -0.2) is 0 Å². The predicted molar refractivity (Wildman–Crippen MR) is 82.6 cm³/mol. The van der Waals surface area contributed by atoms with Gasteiger partial charge in [-0.3, -0.25) is 4.90 Å². The highest BCUT2D eigenvalue weighted by Crippen LogP contribution is 2.31. The van der Waals surface area contributed by atoms with Crippen molar-refractivity contribution < 1.29 is 0 Å². The molecule has 2 aromatic rings. The summed E-state index contributed by atoms with van der Waals surface area (Å²) < 4.78 is 0. The molecule has 0 bridgehead atoms. The maximum absolute atomic E-state index is 6.23. The zero-order valence-corrected chi connectivity index (χ0v) is 12.0. The first-order valence-corrected chi connectivity index (χ1v) is 7.34. The van der Waals surface area contributed by atoms with Crippen molar-refractivity contribution in [2.24, 2.45) is 0 Å². The molecule has 1 aliphatic rings. The van der Waals surface area contributed by atoms with E-state index in [1.165, 1.54) is 36.0 Å². The summed E-state index contributed by atoms with van der Waals surface area (Å²) in [5, 5.41) is 2.03. The molecule has 0 atom stereocenters. The second kappa shape index (κ2) is 5.40. The fraction of sp³-hybridized carbons (Fsp3) is 0.375. The lowest BCUT2D eigenvalue weighted by molar-refractivity contribution is 0.305. The molecule has 100 valence electrons. The van der Waals surface area contributed by atoms with E-state index in [2.05, 4.69) is 35.1 Å². The minimum atomic E-state index is 0.797. The third-order valence-corrected chi connectivity index (χ3v) is 4.10. The number of nitrogens with one attached hydrogen (secondary N) is 1. The van der Waals surface area contributed by atoms with Gasteiger partial charge in [0.15, 0.2) is 0 Å². The topological polar surface area (TPSA) is 19.0 Å². The van der Waals surface area contributed by atoms with Gasteiger partial charge in [0.2, 0.25) is 0 Å². The molecule has 0 saturated heterocycles. The molecule has 0 amide bonds. The van der Waals surface area contributed by atoms with Crippen LogP contribution in [0.3, 0.4) is 0 Å². The molecule has 3 heteroatoms. The fourth-order valence-corrected chi connectivity index (χ4v) is 3.12. The zero-order chi connectivity index (χ0) is 13.2. The van der Waals surface area contributed by atoms with Crippen molar-refractivity contribution in [3.8, 4) is 0 Å². The van der Waals surface area contributed by atoms with Crippen molar-refractivity contribution in [3.05, 3.63) is 41.1 Å². The summed E-state index contributed by atoms with van der Waals surface area (Å²) in [6.45, 7) is 5.65. The van der Waals surface area contributed by atoms with E-state index in [4.69, 9.17) is 11.6 Å². The molecule has 0 unspecified atom stereocenters. The SMILES string of the molecule is CCCN1CCC=C(c2c[nH]c3c(Cl)cccc23)C1. The molecule has 1 N–H and O–H groups in total. The fourth-order valence-electron chi connectivity index (χ4n) is 2.89. The van der Waals surface area contributed by atoms with Crippen molar-refractivity contribution in [1.82, 2.24) is 9.88 Å². The molecule has 2 heterocycles. The molecule has 0 aliphatic carbocycles. The van der Waals surface area contributed by atoms with Crippen LogP contribution in [0, 0.1) is 0 Å². The number of fused-ring (bicyclic) bond motifs is 1. The first-order valence-electron chi connectivity index (χ1n) is 6.97. The lowest BCUT2D eigenvalue weighted by Gasteiger charge is -2.26. The predicted octanol–water partition coefficient (Wildman–Crippen LogP) is 4.32. The minimum absolute atomic E-state index is 0.797. The monoisotopic (exact) mass is 274 g/mol. The van der Waals surface area contributed by atoms with E-state index < -0.39 is 0 Å². The van der Waals surface area contributed by atoms with Crippen LogP contribution in [0.15, 0.2) is 30.5 Å². The average molecular weight is 275 g/mol. The molecule has 3 rings (SSSR count). The van der Waals surface area contributed by atoms with Gasteiger partial charge in [0.1, 0.15) is 0 Å². The van der Waals surface area contributed by atoms with Gasteiger partial charge in [0, 0.05) is 30.2 Å². The van der Waals surface area contributed by atoms with Crippen LogP contribution in [0.2, 0.25) is 5.02 Å². The van der Waals surface area contributed by atoms with E-state index in [9.17, 15) is 0 Å². The van der Waals surface area contributed by atoms with Crippen molar-refractivity contribution in [2.75, 3.05) is 19.6 Å². The van der Waals surface area contributed by atoms with E-state index in [0.29, 0.717) is 0 Å². The molecule has 19 heavy (non-hydrogen) atoms. The summed E-state index contributed by atoms with van der Waals surface area (Å²) in [4.78, 5) is 5.84. The van der Waals surface area contributed by atoms with Gasteiger partial charge in [-0.1, -0.05) is 36.7 Å². The Kier molecular flexibility index (Phi) is 3.63. The Morgan fingerprint density at radius 3 is 3.11 bits per heavy atom. The lowest BCUT2D eigenvalue weighted by atomic mass is 10.0. The summed E-state index contributed by atoms with van der Waals surface area (Å²) in [6, 6.07) is 6.10. The first kappa shape index (κ1) is 12.8. The van der Waals surface area contributed by atoms with Gasteiger partial charge < -0.3 is 4.98 Å². The van der Waals surface area contributed by atoms with E-state index in [0.717, 1.165) is 23.5 Å². The molecule has 1 aromatic heterocycles. The van der Waals surface area contributed by atoms with Crippen molar-refractivity contribution in [1.29, 1.82) is 0 Å². The van der Waals surface area contributed by atoms with E-state index in [-0.39, 0.29) is 0 Å². The van der Waals surface area contributed by atoms with Crippen LogP contribution >= 0.6 is 11.6 Å². The second-order valence-corrected chi connectivity index (χ2v) is 5.57. The maximum atomic E-state index is 6.23. The van der Waals surface area contributed by atoms with Gasteiger partial charge in [0.25, 0.3) is 0 Å². The summed E-state index contributed by atoms with van der Waals surface area (Å²) in [5.41, 5.74) is 3.78. The molecule has 2 nitrogen and oxygen atoms in total. The molecule has 0 radical (unpaired) electrons. The number of halogens is 1. The number of benzene rings is 1. The average Bonchev–Trinajstić information content (AvgIpc) is 2.85. The molecular weight excluding hydrogens is 256 g/mol. The smallest absolute Gasteiger partial charge is 0.0649 e. The summed E-state index contributed by atoms with van der Waals surface area (Å²) in [5.74, 6) is 0. The van der Waals surface area contributed by atoms with Crippen molar-refractivity contribution in [3.63, 3.8) is 0 Å². The van der Waals surface area contributed by atoms with Crippen LogP contribution in [0.4, 0.5) is 0 Å². The molecule has 1 aliphatic heterocycles. The Labute approximate surface area is 119 Å². The molecule has 0 fully saturated rings. The van der Waals surface area contributed by atoms with Crippen molar-refractivity contribution in [2.45, 2.75) is 19.8 Å². The number of rotatable bonds is 3. The summed E-state index contributed by atoms with van der Waals surface area (Å²) in [6.07, 6.45) is 6.82. The number of hydrogen-bond donors (Lipinski definition) is 1. The summed E-state index contributed by atoms with van der Waals surface area (Å²) in [7, 11) is 0. The normalized spacial score (nSPS) is 16.8. The Morgan fingerprint density at radius 2 is 2.26 bits per heavy atom. The Hall–Kier alpha value is -1.25. The minimum Gasteiger partial charge on any atom is -0.359 e. The highest BCUT2D eigenvalue weighted by atomic mass is 35.5. The lowest BCUT2D eigenvalue weighted by Crippen LogP contribution is -2.30. The molecule has 1 aromatic carbocycles. The second-order valence-electron chi connectivity index (χ2n) is 5.16. The molecule has 0 saturated carbocycles. The van der Waals surface area contributed by atoms with Gasteiger partial charge >= 0.3 is 0 Å². The van der Waals surface area contributed by atoms with Crippen LogP contribution in [0.5, 0.6) is 0 Å².